The van der Waals surface area contributed by atoms with Crippen LogP contribution in [-0.2, 0) is 6.42 Å². The second-order valence-corrected chi connectivity index (χ2v) is 8.20. The van der Waals surface area contributed by atoms with Gasteiger partial charge in [-0.05, 0) is 59.7 Å². The zero-order valence-corrected chi connectivity index (χ0v) is 19.1. The number of H-pyrrole nitrogens is 1. The largest absolute Gasteiger partial charge is 0.449 e. The zero-order valence-electron chi connectivity index (χ0n) is 18.4. The number of ether oxygens (including phenoxy) is 1. The van der Waals surface area contributed by atoms with Crippen molar-refractivity contribution in [2.24, 2.45) is 0 Å². The van der Waals surface area contributed by atoms with Gasteiger partial charge in [0, 0.05) is 24.2 Å². The third-order valence-corrected chi connectivity index (χ3v) is 5.75. The number of hydrogen-bond acceptors (Lipinski definition) is 4. The summed E-state index contributed by atoms with van der Waals surface area (Å²) in [6, 6.07) is 20.1. The number of rotatable bonds is 7. The molecule has 0 bridgehead atoms. The Hall–Kier alpha value is -4.14. The zero-order chi connectivity index (χ0) is 24.4. The Bertz CT molecular complexity index is 1500. The van der Waals surface area contributed by atoms with E-state index in [4.69, 9.17) is 16.3 Å². The molecule has 0 saturated carbocycles. The van der Waals surface area contributed by atoms with E-state index in [0.717, 1.165) is 16.8 Å². The Labute approximate surface area is 204 Å². The number of aromatic nitrogens is 4. The SMILES string of the molecule is O=c1c(Oc2ccc(-c3ccc(F)cc3)cc2)c(-n2[nH]cc2CCO)cnn1-c1ccc(Cl)cc1. The molecule has 0 aliphatic rings. The highest BCUT2D eigenvalue weighted by Crippen LogP contribution is 2.28. The molecule has 9 heteroatoms. The molecular formula is C26H20ClFN4O3. The van der Waals surface area contributed by atoms with E-state index >= 15 is 0 Å². The van der Waals surface area contributed by atoms with Crippen LogP contribution in [0.5, 0.6) is 11.5 Å². The summed E-state index contributed by atoms with van der Waals surface area (Å²) in [4.78, 5) is 13.5. The van der Waals surface area contributed by atoms with Crippen molar-refractivity contribution in [2.75, 3.05) is 6.61 Å². The van der Waals surface area contributed by atoms with Crippen molar-refractivity contribution in [1.82, 2.24) is 19.6 Å². The summed E-state index contributed by atoms with van der Waals surface area (Å²) in [7, 11) is 0. The maximum absolute atomic E-state index is 13.5. The fourth-order valence-corrected chi connectivity index (χ4v) is 3.80. The van der Waals surface area contributed by atoms with E-state index < -0.39 is 5.56 Å². The molecule has 0 amide bonds. The topological polar surface area (TPSA) is 85.1 Å². The van der Waals surface area contributed by atoms with Crippen molar-refractivity contribution < 1.29 is 14.2 Å². The molecule has 35 heavy (non-hydrogen) atoms. The molecule has 5 rings (SSSR count). The molecule has 5 aromatic rings. The smallest absolute Gasteiger partial charge is 0.316 e. The van der Waals surface area contributed by atoms with Gasteiger partial charge in [-0.15, -0.1) is 0 Å². The summed E-state index contributed by atoms with van der Waals surface area (Å²) in [6.45, 7) is -0.0413. The van der Waals surface area contributed by atoms with Crippen LogP contribution in [0.15, 0.2) is 90.0 Å². The van der Waals surface area contributed by atoms with Gasteiger partial charge in [0.1, 0.15) is 17.3 Å². The van der Waals surface area contributed by atoms with E-state index in [2.05, 4.69) is 10.2 Å². The van der Waals surface area contributed by atoms with E-state index in [1.807, 2.05) is 12.1 Å². The first-order valence-electron chi connectivity index (χ1n) is 10.8. The maximum Gasteiger partial charge on any atom is 0.316 e. The molecule has 0 atom stereocenters. The average Bonchev–Trinajstić information content (AvgIpc) is 2.86. The Morgan fingerprint density at radius 2 is 1.63 bits per heavy atom. The lowest BCUT2D eigenvalue weighted by molar-refractivity contribution is 0.294. The van der Waals surface area contributed by atoms with Gasteiger partial charge in [-0.3, -0.25) is 14.6 Å². The van der Waals surface area contributed by atoms with Crippen LogP contribution >= 0.6 is 11.6 Å². The molecule has 3 aromatic carbocycles. The highest BCUT2D eigenvalue weighted by atomic mass is 35.5. The van der Waals surface area contributed by atoms with Crippen molar-refractivity contribution in [2.45, 2.75) is 6.42 Å². The Kier molecular flexibility index (Phi) is 6.22. The van der Waals surface area contributed by atoms with Gasteiger partial charge in [-0.2, -0.15) is 9.78 Å². The van der Waals surface area contributed by atoms with E-state index in [-0.39, 0.29) is 18.2 Å². The molecule has 0 unspecified atom stereocenters. The summed E-state index contributed by atoms with van der Waals surface area (Å²) < 4.78 is 22.2. The minimum atomic E-state index is -0.468. The van der Waals surface area contributed by atoms with Crippen LogP contribution in [0.25, 0.3) is 22.5 Å². The standard InChI is InChI=1S/C26H20ClFN4O3/c27-19-5-9-21(10-6-19)32-26(34)25(24(16-30-32)31-22(13-14-33)15-29-31)35-23-11-3-18(4-12-23)17-1-7-20(28)8-2-17/h1-12,15-16,29,33H,13-14H2. The van der Waals surface area contributed by atoms with Gasteiger partial charge in [-0.1, -0.05) is 35.9 Å². The molecule has 0 fully saturated rings. The van der Waals surface area contributed by atoms with Gasteiger partial charge in [0.25, 0.3) is 0 Å². The third kappa shape index (κ3) is 4.62. The van der Waals surface area contributed by atoms with Crippen molar-refractivity contribution in [3.05, 3.63) is 112 Å². The molecule has 2 heterocycles. The lowest BCUT2D eigenvalue weighted by Gasteiger charge is -2.20. The van der Waals surface area contributed by atoms with E-state index in [1.165, 1.54) is 23.0 Å². The summed E-state index contributed by atoms with van der Waals surface area (Å²) in [5.74, 6) is 0.196. The highest BCUT2D eigenvalue weighted by Gasteiger charge is 2.19. The number of aliphatic hydroxyl groups excluding tert-OH is 1. The van der Waals surface area contributed by atoms with Crippen LogP contribution in [0, 0.1) is 5.82 Å². The monoisotopic (exact) mass is 490 g/mol. The first-order valence-corrected chi connectivity index (χ1v) is 11.2. The highest BCUT2D eigenvalue weighted by molar-refractivity contribution is 6.30. The number of nitrogens with zero attached hydrogens (tertiary/aromatic N) is 3. The minimum Gasteiger partial charge on any atom is -0.449 e. The first-order chi connectivity index (χ1) is 17.0. The summed E-state index contributed by atoms with van der Waals surface area (Å²) in [5.41, 5.74) is 3.00. The van der Waals surface area contributed by atoms with Crippen LogP contribution in [0.2, 0.25) is 5.02 Å². The van der Waals surface area contributed by atoms with Gasteiger partial charge in [0.05, 0.1) is 17.6 Å². The predicted octanol–water partition coefficient (Wildman–Crippen LogP) is 5.14. The van der Waals surface area contributed by atoms with Crippen LogP contribution in [0.4, 0.5) is 4.39 Å². The number of aliphatic hydroxyl groups is 1. The van der Waals surface area contributed by atoms with Crippen LogP contribution in [0.1, 0.15) is 5.69 Å². The van der Waals surface area contributed by atoms with Gasteiger partial charge in [0.2, 0.25) is 5.75 Å². The van der Waals surface area contributed by atoms with Gasteiger partial charge in [0.15, 0.2) is 0 Å². The maximum atomic E-state index is 13.5. The Balaban J connectivity index is 1.54. The number of aromatic amines is 1. The second-order valence-electron chi connectivity index (χ2n) is 7.76. The normalized spacial score (nSPS) is 11.1. The molecule has 2 N–H and O–H groups in total. The first kappa shape index (κ1) is 22.6. The average molecular weight is 491 g/mol. The Morgan fingerprint density at radius 3 is 2.23 bits per heavy atom. The van der Waals surface area contributed by atoms with Crippen LogP contribution < -0.4 is 10.3 Å². The summed E-state index contributed by atoms with van der Waals surface area (Å²) in [5, 5.41) is 17.2. The summed E-state index contributed by atoms with van der Waals surface area (Å²) in [6.07, 6.45) is 3.66. The number of hydrogen-bond donors (Lipinski definition) is 2. The molecule has 0 aliphatic carbocycles. The molecule has 0 spiro atoms. The third-order valence-electron chi connectivity index (χ3n) is 5.49. The number of nitrogens with one attached hydrogen (secondary N) is 1. The molecule has 176 valence electrons. The van der Waals surface area contributed by atoms with Crippen molar-refractivity contribution in [3.63, 3.8) is 0 Å². The molecular weight excluding hydrogens is 471 g/mol. The molecule has 2 aromatic heterocycles. The number of halogens is 2. The predicted molar refractivity (Wildman–Crippen MR) is 131 cm³/mol. The molecule has 7 nitrogen and oxygen atoms in total. The van der Waals surface area contributed by atoms with E-state index in [1.54, 1.807) is 59.4 Å². The van der Waals surface area contributed by atoms with Gasteiger partial charge in [-0.25, -0.2) is 4.39 Å². The van der Waals surface area contributed by atoms with Crippen molar-refractivity contribution >= 4 is 11.6 Å². The minimum absolute atomic E-state index is 0.0413. The molecule has 0 aliphatic heterocycles. The lowest BCUT2D eigenvalue weighted by Crippen LogP contribution is -2.26. The fraction of sp³-hybridized carbons (Fsp3) is 0.0769. The molecule has 0 saturated heterocycles. The molecule has 0 radical (unpaired) electrons. The Morgan fingerprint density at radius 1 is 0.971 bits per heavy atom. The van der Waals surface area contributed by atoms with Crippen molar-refractivity contribution in [1.29, 1.82) is 0 Å². The van der Waals surface area contributed by atoms with Crippen molar-refractivity contribution in [3.8, 4) is 34.0 Å². The van der Waals surface area contributed by atoms with Gasteiger partial charge < -0.3 is 9.84 Å². The lowest BCUT2D eigenvalue weighted by atomic mass is 10.1. The van der Waals surface area contributed by atoms with Crippen LogP contribution in [-0.4, -0.2) is 31.3 Å². The van der Waals surface area contributed by atoms with E-state index in [0.29, 0.717) is 28.6 Å². The second kappa shape index (κ2) is 9.61. The van der Waals surface area contributed by atoms with Gasteiger partial charge >= 0.3 is 5.56 Å². The fourth-order valence-electron chi connectivity index (χ4n) is 3.67. The number of benzene rings is 3. The summed E-state index contributed by atoms with van der Waals surface area (Å²) >= 11 is 5.99. The van der Waals surface area contributed by atoms with Crippen LogP contribution in [0.3, 0.4) is 0 Å². The van der Waals surface area contributed by atoms with E-state index in [9.17, 15) is 14.3 Å². The quantitative estimate of drug-likeness (QED) is 0.331.